The number of hydrogen-bond donors (Lipinski definition) is 1. The van der Waals surface area contributed by atoms with Crippen LogP contribution in [-0.4, -0.2) is 4.98 Å². The Labute approximate surface area is 234 Å². The number of rotatable bonds is 28. The minimum absolute atomic E-state index is 0.620. The van der Waals surface area contributed by atoms with Gasteiger partial charge in [0.15, 0.2) is 0 Å². The van der Waals surface area contributed by atoms with E-state index in [1.165, 1.54) is 173 Å². The van der Waals surface area contributed by atoms with E-state index in [0.29, 0.717) is 12.0 Å². The topological polar surface area (TPSA) is 19.7 Å². The Morgan fingerprint density at radius 2 is 0.865 bits per heavy atom. The summed E-state index contributed by atoms with van der Waals surface area (Å²) in [5.74, 6) is 2.09. The summed E-state index contributed by atoms with van der Waals surface area (Å²) in [7, 11) is 0. The van der Waals surface area contributed by atoms with Crippen molar-refractivity contribution < 1.29 is 4.57 Å². The standard InChI is InChI=1S/C35H68N2/c1-5-7-9-11-13-15-17-18-19-20-21-23-25-27-29-33(3)35-36-31-32-37(35)34(4)30-28-26-24-22-16-14-12-10-8-6-2/h31-34H,5-30H2,1-4H3/p+1. The van der Waals surface area contributed by atoms with Crippen molar-refractivity contribution in [3.05, 3.63) is 18.2 Å². The van der Waals surface area contributed by atoms with E-state index in [-0.39, 0.29) is 0 Å². The normalized spacial score (nSPS) is 13.3. The van der Waals surface area contributed by atoms with Gasteiger partial charge in [-0.05, 0) is 26.2 Å². The molecule has 2 atom stereocenters. The van der Waals surface area contributed by atoms with Gasteiger partial charge in [0.05, 0.1) is 12.0 Å². The smallest absolute Gasteiger partial charge is 0.247 e. The van der Waals surface area contributed by atoms with E-state index in [1.807, 2.05) is 0 Å². The summed E-state index contributed by atoms with van der Waals surface area (Å²) in [6, 6.07) is 0.620. The predicted octanol–water partition coefficient (Wildman–Crippen LogP) is 12.1. The molecule has 2 nitrogen and oxygen atoms in total. The molecule has 0 aliphatic rings. The molecule has 37 heavy (non-hydrogen) atoms. The Balaban J connectivity index is 2.02. The summed E-state index contributed by atoms with van der Waals surface area (Å²) in [4.78, 5) is 3.59. The average Bonchev–Trinajstić information content (AvgIpc) is 3.40. The maximum atomic E-state index is 3.59. The second-order valence-corrected chi connectivity index (χ2v) is 12.4. The van der Waals surface area contributed by atoms with Gasteiger partial charge in [-0.15, -0.1) is 0 Å². The van der Waals surface area contributed by atoms with E-state index in [2.05, 4.69) is 49.6 Å². The molecule has 1 aromatic rings. The fourth-order valence-electron chi connectivity index (χ4n) is 5.99. The van der Waals surface area contributed by atoms with Crippen molar-refractivity contribution in [2.45, 2.75) is 207 Å². The molecular weight excluding hydrogens is 448 g/mol. The number of H-pyrrole nitrogens is 1. The molecule has 0 fully saturated rings. The summed E-state index contributed by atoms with van der Waals surface area (Å²) in [5.41, 5.74) is 0. The molecule has 218 valence electrons. The van der Waals surface area contributed by atoms with Gasteiger partial charge in [0, 0.05) is 0 Å². The second kappa shape index (κ2) is 25.5. The molecule has 2 unspecified atom stereocenters. The number of nitrogens with one attached hydrogen (secondary N) is 1. The van der Waals surface area contributed by atoms with Crippen LogP contribution in [0.4, 0.5) is 0 Å². The summed E-state index contributed by atoms with van der Waals surface area (Å²) in [6.45, 7) is 9.46. The zero-order valence-corrected chi connectivity index (χ0v) is 26.1. The number of aromatic amines is 1. The van der Waals surface area contributed by atoms with Crippen LogP contribution in [0, 0.1) is 0 Å². The van der Waals surface area contributed by atoms with Gasteiger partial charge in [-0.1, -0.05) is 168 Å². The van der Waals surface area contributed by atoms with Crippen molar-refractivity contribution in [2.24, 2.45) is 0 Å². The fraction of sp³-hybridized carbons (Fsp3) is 0.914. The lowest BCUT2D eigenvalue weighted by Crippen LogP contribution is -2.40. The van der Waals surface area contributed by atoms with Crippen molar-refractivity contribution in [1.29, 1.82) is 0 Å². The van der Waals surface area contributed by atoms with Gasteiger partial charge in [0.2, 0.25) is 0 Å². The van der Waals surface area contributed by atoms with Crippen LogP contribution in [0.1, 0.15) is 212 Å². The molecule has 1 N–H and O–H groups in total. The van der Waals surface area contributed by atoms with Gasteiger partial charge in [0.25, 0.3) is 5.82 Å². The summed E-state index contributed by atoms with van der Waals surface area (Å²) in [5, 5.41) is 0. The average molecular weight is 518 g/mol. The first kappa shape index (κ1) is 34.2. The lowest BCUT2D eigenvalue weighted by Gasteiger charge is -2.14. The molecule has 0 spiro atoms. The highest BCUT2D eigenvalue weighted by Crippen LogP contribution is 2.21. The minimum Gasteiger partial charge on any atom is -0.247 e. The molecule has 1 heterocycles. The van der Waals surface area contributed by atoms with Crippen LogP contribution in [0.15, 0.2) is 12.4 Å². The molecule has 0 aliphatic heterocycles. The van der Waals surface area contributed by atoms with Crippen molar-refractivity contribution in [3.63, 3.8) is 0 Å². The molecule has 1 aromatic heterocycles. The summed E-state index contributed by atoms with van der Waals surface area (Å²) < 4.78 is 2.54. The lowest BCUT2D eigenvalue weighted by molar-refractivity contribution is -0.727. The van der Waals surface area contributed by atoms with E-state index in [1.54, 1.807) is 0 Å². The van der Waals surface area contributed by atoms with Crippen LogP contribution < -0.4 is 4.57 Å². The van der Waals surface area contributed by atoms with E-state index in [0.717, 1.165) is 0 Å². The first-order valence-electron chi connectivity index (χ1n) is 17.3. The summed E-state index contributed by atoms with van der Waals surface area (Å²) in [6.07, 6.45) is 41.5. The van der Waals surface area contributed by atoms with Crippen molar-refractivity contribution in [1.82, 2.24) is 4.98 Å². The molecule has 0 saturated heterocycles. The fourth-order valence-corrected chi connectivity index (χ4v) is 5.99. The number of imidazole rings is 1. The van der Waals surface area contributed by atoms with Crippen LogP contribution in [0.2, 0.25) is 0 Å². The molecule has 0 aromatic carbocycles. The maximum absolute atomic E-state index is 3.59. The van der Waals surface area contributed by atoms with Crippen molar-refractivity contribution in [3.8, 4) is 0 Å². The zero-order valence-electron chi connectivity index (χ0n) is 26.1. The van der Waals surface area contributed by atoms with Gasteiger partial charge in [0.1, 0.15) is 12.4 Å². The molecular formula is C35H69N2+. The first-order valence-corrected chi connectivity index (χ1v) is 17.3. The highest BCUT2D eigenvalue weighted by Gasteiger charge is 2.22. The van der Waals surface area contributed by atoms with Crippen LogP contribution in [0.3, 0.4) is 0 Å². The first-order chi connectivity index (χ1) is 18.2. The van der Waals surface area contributed by atoms with Crippen LogP contribution in [0.5, 0.6) is 0 Å². The number of hydrogen-bond acceptors (Lipinski definition) is 0. The third-order valence-corrected chi connectivity index (χ3v) is 8.65. The quantitative estimate of drug-likeness (QED) is 0.0842. The van der Waals surface area contributed by atoms with Crippen LogP contribution in [-0.2, 0) is 0 Å². The Morgan fingerprint density at radius 3 is 1.27 bits per heavy atom. The monoisotopic (exact) mass is 518 g/mol. The Bertz CT molecular complexity index is 578. The molecule has 0 saturated carbocycles. The molecule has 2 heteroatoms. The van der Waals surface area contributed by atoms with Gasteiger partial charge >= 0.3 is 0 Å². The van der Waals surface area contributed by atoms with Gasteiger partial charge in [-0.2, -0.15) is 0 Å². The molecule has 0 aliphatic carbocycles. The Morgan fingerprint density at radius 1 is 0.514 bits per heavy atom. The van der Waals surface area contributed by atoms with E-state index in [4.69, 9.17) is 0 Å². The third kappa shape index (κ3) is 19.0. The number of nitrogens with zero attached hydrogens (tertiary/aromatic N) is 1. The van der Waals surface area contributed by atoms with Gasteiger partial charge in [-0.3, -0.25) is 0 Å². The molecule has 0 bridgehead atoms. The van der Waals surface area contributed by atoms with E-state index in [9.17, 15) is 0 Å². The highest BCUT2D eigenvalue weighted by atomic mass is 15.1. The number of unbranched alkanes of at least 4 members (excludes halogenated alkanes) is 22. The van der Waals surface area contributed by atoms with Gasteiger partial charge < -0.3 is 0 Å². The van der Waals surface area contributed by atoms with Gasteiger partial charge in [-0.25, -0.2) is 9.55 Å². The molecule has 1 rings (SSSR count). The zero-order chi connectivity index (χ0) is 26.8. The summed E-state index contributed by atoms with van der Waals surface area (Å²) >= 11 is 0. The minimum atomic E-state index is 0.620. The largest absolute Gasteiger partial charge is 0.257 e. The Kier molecular flexibility index (Phi) is 23.6. The lowest BCUT2D eigenvalue weighted by atomic mass is 9.99. The predicted molar refractivity (Wildman–Crippen MR) is 166 cm³/mol. The van der Waals surface area contributed by atoms with E-state index >= 15 is 0 Å². The Hall–Kier alpha value is -0.790. The third-order valence-electron chi connectivity index (χ3n) is 8.65. The van der Waals surface area contributed by atoms with Crippen LogP contribution in [0.25, 0.3) is 0 Å². The van der Waals surface area contributed by atoms with Crippen molar-refractivity contribution >= 4 is 0 Å². The maximum Gasteiger partial charge on any atom is 0.257 e. The number of aromatic nitrogens is 2. The van der Waals surface area contributed by atoms with E-state index < -0.39 is 0 Å². The molecule has 0 amide bonds. The van der Waals surface area contributed by atoms with Crippen LogP contribution >= 0.6 is 0 Å². The second-order valence-electron chi connectivity index (χ2n) is 12.4. The van der Waals surface area contributed by atoms with Crippen molar-refractivity contribution in [2.75, 3.05) is 0 Å². The highest BCUT2D eigenvalue weighted by molar-refractivity contribution is 4.87. The molecule has 0 radical (unpaired) electrons. The SMILES string of the molecule is CCCCCCCCCCCCCCCCC(C)c1[nH]cc[n+]1C(C)CCCCCCCCCCCC.